The Morgan fingerprint density at radius 3 is 2.74 bits per heavy atom. The summed E-state index contributed by atoms with van der Waals surface area (Å²) in [5, 5.41) is 3.47. The molecule has 1 heterocycles. The van der Waals surface area contributed by atoms with Gasteiger partial charge in [0.15, 0.2) is 0 Å². The minimum atomic E-state index is -0.255. The molecule has 0 aromatic heterocycles. The summed E-state index contributed by atoms with van der Waals surface area (Å²) in [4.78, 5) is 25.5. The van der Waals surface area contributed by atoms with Crippen molar-refractivity contribution in [1.82, 2.24) is 5.32 Å². The van der Waals surface area contributed by atoms with Crippen LogP contribution in [0, 0.1) is 5.92 Å². The number of amides is 2. The fraction of sp³-hybridized carbons (Fsp3) is 0.429. The van der Waals surface area contributed by atoms with E-state index in [2.05, 4.69) is 5.32 Å². The molecule has 19 heavy (non-hydrogen) atoms. The van der Waals surface area contributed by atoms with Gasteiger partial charge in [-0.05, 0) is 30.7 Å². The molecule has 2 rings (SSSR count). The average molecular weight is 281 g/mol. The maximum Gasteiger partial charge on any atom is 0.227 e. The molecule has 1 saturated heterocycles. The van der Waals surface area contributed by atoms with Gasteiger partial charge in [-0.15, -0.1) is 0 Å². The summed E-state index contributed by atoms with van der Waals surface area (Å²) < 4.78 is 0. The second kappa shape index (κ2) is 6.06. The van der Waals surface area contributed by atoms with Gasteiger partial charge >= 0.3 is 0 Å². The van der Waals surface area contributed by atoms with Crippen LogP contribution in [0.5, 0.6) is 0 Å². The van der Waals surface area contributed by atoms with Crippen LogP contribution in [-0.4, -0.2) is 24.9 Å². The minimum Gasteiger partial charge on any atom is -0.356 e. The van der Waals surface area contributed by atoms with Crippen molar-refractivity contribution in [1.29, 1.82) is 0 Å². The summed E-state index contributed by atoms with van der Waals surface area (Å²) in [5.41, 5.74) is 0.792. The lowest BCUT2D eigenvalue weighted by Crippen LogP contribution is -2.33. The molecule has 102 valence electrons. The first kappa shape index (κ1) is 13.9. The van der Waals surface area contributed by atoms with Gasteiger partial charge in [-0.1, -0.05) is 18.5 Å². The Balaban J connectivity index is 2.03. The van der Waals surface area contributed by atoms with Crippen molar-refractivity contribution in [2.75, 3.05) is 18.0 Å². The van der Waals surface area contributed by atoms with Gasteiger partial charge in [-0.3, -0.25) is 9.59 Å². The number of hydrogen-bond donors (Lipinski definition) is 1. The van der Waals surface area contributed by atoms with Crippen molar-refractivity contribution in [3.8, 4) is 0 Å². The standard InChI is InChI=1S/C14H17ClN2O2/c1-2-7-16-14(19)10-8-13(18)17(9-10)12-5-3-11(15)4-6-12/h3-6,10H,2,7-9H2,1H3,(H,16,19)/t10-/m1/s1. The smallest absolute Gasteiger partial charge is 0.227 e. The van der Waals surface area contributed by atoms with Gasteiger partial charge in [-0.25, -0.2) is 0 Å². The summed E-state index contributed by atoms with van der Waals surface area (Å²) >= 11 is 5.82. The van der Waals surface area contributed by atoms with Gasteiger partial charge in [0.1, 0.15) is 0 Å². The maximum atomic E-state index is 12.0. The normalized spacial score (nSPS) is 18.7. The van der Waals surface area contributed by atoms with Crippen LogP contribution in [0.4, 0.5) is 5.69 Å². The van der Waals surface area contributed by atoms with E-state index in [1.165, 1.54) is 0 Å². The van der Waals surface area contributed by atoms with Gasteiger partial charge in [0, 0.05) is 30.2 Å². The monoisotopic (exact) mass is 280 g/mol. The topological polar surface area (TPSA) is 49.4 Å². The van der Waals surface area contributed by atoms with Crippen LogP contribution >= 0.6 is 11.6 Å². The summed E-state index contributed by atoms with van der Waals surface area (Å²) in [6.45, 7) is 3.10. The SMILES string of the molecule is CCCNC(=O)[C@@H]1CC(=O)N(c2ccc(Cl)cc2)C1. The van der Waals surface area contributed by atoms with E-state index in [4.69, 9.17) is 11.6 Å². The number of anilines is 1. The molecule has 5 heteroatoms. The second-order valence-electron chi connectivity index (χ2n) is 4.67. The highest BCUT2D eigenvalue weighted by Gasteiger charge is 2.34. The van der Waals surface area contributed by atoms with E-state index in [-0.39, 0.29) is 24.2 Å². The third-order valence-electron chi connectivity index (χ3n) is 3.18. The van der Waals surface area contributed by atoms with Crippen LogP contribution in [0.1, 0.15) is 19.8 Å². The molecule has 0 bridgehead atoms. The van der Waals surface area contributed by atoms with Crippen LogP contribution in [0.3, 0.4) is 0 Å². The number of hydrogen-bond acceptors (Lipinski definition) is 2. The first-order valence-electron chi connectivity index (χ1n) is 6.45. The third kappa shape index (κ3) is 3.26. The zero-order chi connectivity index (χ0) is 13.8. The Morgan fingerprint density at radius 1 is 1.42 bits per heavy atom. The zero-order valence-electron chi connectivity index (χ0n) is 10.9. The van der Waals surface area contributed by atoms with E-state index in [1.54, 1.807) is 29.2 Å². The van der Waals surface area contributed by atoms with Gasteiger partial charge in [0.25, 0.3) is 0 Å². The number of benzene rings is 1. The highest BCUT2D eigenvalue weighted by molar-refractivity contribution is 6.30. The van der Waals surface area contributed by atoms with Crippen molar-refractivity contribution in [2.45, 2.75) is 19.8 Å². The van der Waals surface area contributed by atoms with Gasteiger partial charge < -0.3 is 10.2 Å². The predicted octanol–water partition coefficient (Wildman–Crippen LogP) is 2.22. The highest BCUT2D eigenvalue weighted by atomic mass is 35.5. The molecule has 0 aliphatic carbocycles. The van der Waals surface area contributed by atoms with Crippen molar-refractivity contribution in [3.63, 3.8) is 0 Å². The fourth-order valence-corrected chi connectivity index (χ4v) is 2.27. The lowest BCUT2D eigenvalue weighted by molar-refractivity contribution is -0.126. The molecular weight excluding hydrogens is 264 g/mol. The molecule has 4 nitrogen and oxygen atoms in total. The first-order chi connectivity index (χ1) is 9.11. The van der Waals surface area contributed by atoms with E-state index >= 15 is 0 Å². The Hall–Kier alpha value is -1.55. The molecular formula is C14H17ClN2O2. The predicted molar refractivity (Wildman–Crippen MR) is 75.2 cm³/mol. The summed E-state index contributed by atoms with van der Waals surface area (Å²) in [6, 6.07) is 7.09. The molecule has 0 radical (unpaired) electrons. The number of nitrogens with zero attached hydrogens (tertiary/aromatic N) is 1. The van der Waals surface area contributed by atoms with E-state index in [1.807, 2.05) is 6.92 Å². The molecule has 1 atom stereocenters. The van der Waals surface area contributed by atoms with Crippen LogP contribution in [0.2, 0.25) is 5.02 Å². The minimum absolute atomic E-state index is 0.0148. The van der Waals surface area contributed by atoms with E-state index in [0.29, 0.717) is 18.1 Å². The second-order valence-corrected chi connectivity index (χ2v) is 5.11. The number of carbonyl (C=O) groups excluding carboxylic acids is 2. The lowest BCUT2D eigenvalue weighted by Gasteiger charge is -2.16. The first-order valence-corrected chi connectivity index (χ1v) is 6.83. The van der Waals surface area contributed by atoms with Crippen LogP contribution < -0.4 is 10.2 Å². The number of nitrogens with one attached hydrogen (secondary N) is 1. The van der Waals surface area contributed by atoms with Gasteiger partial charge in [0.05, 0.1) is 5.92 Å². The summed E-state index contributed by atoms with van der Waals surface area (Å²) in [6.07, 6.45) is 1.17. The highest BCUT2D eigenvalue weighted by Crippen LogP contribution is 2.26. The van der Waals surface area contributed by atoms with Gasteiger partial charge in [-0.2, -0.15) is 0 Å². The Kier molecular flexibility index (Phi) is 4.43. The quantitative estimate of drug-likeness (QED) is 0.919. The van der Waals surface area contributed by atoms with E-state index in [9.17, 15) is 9.59 Å². The molecule has 2 amide bonds. The molecule has 1 aromatic carbocycles. The molecule has 1 N–H and O–H groups in total. The number of halogens is 1. The Labute approximate surface area is 117 Å². The molecule has 0 spiro atoms. The Bertz CT molecular complexity index is 473. The number of carbonyl (C=O) groups is 2. The zero-order valence-corrected chi connectivity index (χ0v) is 11.6. The van der Waals surface area contributed by atoms with Crippen LogP contribution in [-0.2, 0) is 9.59 Å². The van der Waals surface area contributed by atoms with Crippen molar-refractivity contribution >= 4 is 29.1 Å². The summed E-state index contributed by atoms with van der Waals surface area (Å²) in [5.74, 6) is -0.305. The molecule has 1 aromatic rings. The third-order valence-corrected chi connectivity index (χ3v) is 3.44. The molecule has 1 aliphatic heterocycles. The van der Waals surface area contributed by atoms with Gasteiger partial charge in [0.2, 0.25) is 11.8 Å². The van der Waals surface area contributed by atoms with Crippen molar-refractivity contribution in [3.05, 3.63) is 29.3 Å². The van der Waals surface area contributed by atoms with Crippen molar-refractivity contribution in [2.24, 2.45) is 5.92 Å². The van der Waals surface area contributed by atoms with E-state index < -0.39 is 0 Å². The summed E-state index contributed by atoms with van der Waals surface area (Å²) in [7, 11) is 0. The van der Waals surface area contributed by atoms with Crippen LogP contribution in [0.25, 0.3) is 0 Å². The Morgan fingerprint density at radius 2 is 2.11 bits per heavy atom. The van der Waals surface area contributed by atoms with Crippen molar-refractivity contribution < 1.29 is 9.59 Å². The average Bonchev–Trinajstić information content (AvgIpc) is 2.79. The fourth-order valence-electron chi connectivity index (χ4n) is 2.15. The van der Waals surface area contributed by atoms with Crippen LogP contribution in [0.15, 0.2) is 24.3 Å². The molecule has 0 unspecified atom stereocenters. The maximum absolute atomic E-state index is 12.0. The van der Waals surface area contributed by atoms with E-state index in [0.717, 1.165) is 12.1 Å². The lowest BCUT2D eigenvalue weighted by atomic mass is 10.1. The molecule has 1 aliphatic rings. The largest absolute Gasteiger partial charge is 0.356 e. The molecule has 1 fully saturated rings. The number of rotatable bonds is 4. The molecule has 0 saturated carbocycles.